The molecule has 0 aromatic heterocycles. The van der Waals surface area contributed by atoms with Crippen LogP contribution in [0.15, 0.2) is 24.3 Å². The van der Waals surface area contributed by atoms with E-state index in [1.54, 1.807) is 6.07 Å². The SMILES string of the molecule is N#C[C@H]1CCCC[C@@H]1N1NC(Nc2cccc([C@@H](N)C(F)(F)F)c2)C2C(=O)NCCC21. The van der Waals surface area contributed by atoms with Crippen LogP contribution in [0.5, 0.6) is 0 Å². The number of rotatable bonds is 4. The number of piperidine rings is 1. The summed E-state index contributed by atoms with van der Waals surface area (Å²) < 4.78 is 39.1. The molecule has 1 aromatic carbocycles. The summed E-state index contributed by atoms with van der Waals surface area (Å²) in [4.78, 5) is 12.7. The number of halogens is 3. The molecule has 0 spiro atoms. The van der Waals surface area contributed by atoms with Gasteiger partial charge in [-0.05, 0) is 37.0 Å². The molecule has 7 nitrogen and oxygen atoms in total. The molecule has 3 aliphatic rings. The van der Waals surface area contributed by atoms with Crippen molar-refractivity contribution < 1.29 is 18.0 Å². The maximum Gasteiger partial charge on any atom is 0.407 e. The van der Waals surface area contributed by atoms with Gasteiger partial charge in [-0.3, -0.25) is 4.79 Å². The monoisotopic (exact) mass is 436 g/mol. The Morgan fingerprint density at radius 1 is 1.23 bits per heavy atom. The molecule has 2 saturated heterocycles. The van der Waals surface area contributed by atoms with Gasteiger partial charge in [0.1, 0.15) is 12.2 Å². The second kappa shape index (κ2) is 8.65. The van der Waals surface area contributed by atoms with Crippen molar-refractivity contribution in [3.63, 3.8) is 0 Å². The average Bonchev–Trinajstić information content (AvgIpc) is 3.12. The number of carbonyl (C=O) groups excluding carboxylic acids is 1. The van der Waals surface area contributed by atoms with Gasteiger partial charge in [0.15, 0.2) is 0 Å². The molecule has 6 atom stereocenters. The predicted molar refractivity (Wildman–Crippen MR) is 108 cm³/mol. The van der Waals surface area contributed by atoms with E-state index < -0.39 is 24.3 Å². The standard InChI is InChI=1S/C21H27F3N6O/c22-21(23,24)18(26)12-5-3-6-14(10-12)28-19-17-16(8-9-27-20(17)31)30(29-19)15-7-2-1-4-13(15)11-25/h3,5-6,10,13,15-19,28-29H,1-2,4,7-9,26H2,(H,27,31)/t13-,15+,16?,17?,18-,19?/m1/s1. The molecule has 1 saturated carbocycles. The van der Waals surface area contributed by atoms with Crippen LogP contribution in [0.3, 0.4) is 0 Å². The quantitative estimate of drug-likeness (QED) is 0.578. The highest BCUT2D eigenvalue weighted by Crippen LogP contribution is 2.37. The Balaban J connectivity index is 1.57. The van der Waals surface area contributed by atoms with E-state index in [1.807, 2.05) is 0 Å². The topological polar surface area (TPSA) is 106 Å². The maximum atomic E-state index is 13.0. The summed E-state index contributed by atoms with van der Waals surface area (Å²) in [6.45, 7) is 0.560. The van der Waals surface area contributed by atoms with E-state index in [2.05, 4.69) is 27.1 Å². The normalized spacial score (nSPS) is 32.6. The smallest absolute Gasteiger partial charge is 0.368 e. The van der Waals surface area contributed by atoms with Crippen molar-refractivity contribution in [2.45, 2.75) is 62.6 Å². The number of fused-ring (bicyclic) bond motifs is 1. The van der Waals surface area contributed by atoms with E-state index in [1.165, 1.54) is 18.2 Å². The summed E-state index contributed by atoms with van der Waals surface area (Å²) in [5.74, 6) is -0.634. The predicted octanol–water partition coefficient (Wildman–Crippen LogP) is 2.39. The van der Waals surface area contributed by atoms with Crippen molar-refractivity contribution in [3.8, 4) is 6.07 Å². The zero-order chi connectivity index (χ0) is 22.2. The number of carbonyl (C=O) groups is 1. The first-order chi connectivity index (χ1) is 14.8. The third-order valence-corrected chi connectivity index (χ3v) is 6.63. The number of anilines is 1. The van der Waals surface area contributed by atoms with Gasteiger partial charge < -0.3 is 16.4 Å². The zero-order valence-electron chi connectivity index (χ0n) is 17.0. The van der Waals surface area contributed by atoms with E-state index in [0.717, 1.165) is 32.1 Å². The summed E-state index contributed by atoms with van der Waals surface area (Å²) in [5, 5.41) is 17.8. The van der Waals surface area contributed by atoms with Crippen molar-refractivity contribution in [1.82, 2.24) is 15.8 Å². The van der Waals surface area contributed by atoms with Gasteiger partial charge in [0, 0.05) is 24.3 Å². The van der Waals surface area contributed by atoms with E-state index in [-0.39, 0.29) is 29.5 Å². The lowest BCUT2D eigenvalue weighted by Gasteiger charge is -2.39. The van der Waals surface area contributed by atoms with E-state index in [9.17, 15) is 23.2 Å². The van der Waals surface area contributed by atoms with Crippen molar-refractivity contribution in [1.29, 1.82) is 5.26 Å². The number of hydrogen-bond acceptors (Lipinski definition) is 6. The second-order valence-electron chi connectivity index (χ2n) is 8.56. The largest absolute Gasteiger partial charge is 0.407 e. The number of nitrogens with one attached hydrogen (secondary N) is 3. The Morgan fingerprint density at radius 3 is 2.74 bits per heavy atom. The van der Waals surface area contributed by atoms with Crippen LogP contribution < -0.4 is 21.8 Å². The molecule has 1 amide bonds. The van der Waals surface area contributed by atoms with Gasteiger partial charge in [0.05, 0.1) is 17.9 Å². The lowest BCUT2D eigenvalue weighted by molar-refractivity contribution is -0.149. The lowest BCUT2D eigenvalue weighted by Crippen LogP contribution is -2.54. The summed E-state index contributed by atoms with van der Waals surface area (Å²) in [5.41, 5.74) is 9.14. The molecule has 31 heavy (non-hydrogen) atoms. The number of benzene rings is 1. The van der Waals surface area contributed by atoms with Gasteiger partial charge in [0.2, 0.25) is 5.91 Å². The van der Waals surface area contributed by atoms with Crippen molar-refractivity contribution in [2.24, 2.45) is 17.6 Å². The van der Waals surface area contributed by atoms with Gasteiger partial charge in [-0.15, -0.1) is 0 Å². The summed E-state index contributed by atoms with van der Waals surface area (Å²) in [6, 6.07) is 6.15. The number of hydrogen-bond donors (Lipinski definition) is 4. The molecule has 1 aliphatic carbocycles. The zero-order valence-corrected chi connectivity index (χ0v) is 17.0. The molecule has 4 rings (SSSR count). The summed E-state index contributed by atoms with van der Waals surface area (Å²) >= 11 is 0. The fourth-order valence-corrected chi connectivity index (χ4v) is 5.09. The van der Waals surface area contributed by atoms with Crippen LogP contribution in [-0.2, 0) is 4.79 Å². The minimum atomic E-state index is -4.54. The van der Waals surface area contributed by atoms with Crippen LogP contribution in [0, 0.1) is 23.2 Å². The number of alkyl halides is 3. The highest BCUT2D eigenvalue weighted by Gasteiger charge is 2.51. The Morgan fingerprint density at radius 2 is 2.00 bits per heavy atom. The van der Waals surface area contributed by atoms with Gasteiger partial charge in [-0.25, -0.2) is 10.4 Å². The van der Waals surface area contributed by atoms with Crippen LogP contribution in [0.2, 0.25) is 0 Å². The Labute approximate surface area is 179 Å². The van der Waals surface area contributed by atoms with E-state index in [0.29, 0.717) is 12.2 Å². The fourth-order valence-electron chi connectivity index (χ4n) is 5.09. The fraction of sp³-hybridized carbons (Fsp3) is 0.619. The molecule has 168 valence electrons. The first-order valence-corrected chi connectivity index (χ1v) is 10.7. The first-order valence-electron chi connectivity index (χ1n) is 10.7. The third kappa shape index (κ3) is 4.35. The highest BCUT2D eigenvalue weighted by atomic mass is 19.4. The molecule has 1 aromatic rings. The number of nitrogens with zero attached hydrogens (tertiary/aromatic N) is 2. The average molecular weight is 436 g/mol. The van der Waals surface area contributed by atoms with Crippen molar-refractivity contribution in [3.05, 3.63) is 29.8 Å². The molecule has 10 heteroatoms. The van der Waals surface area contributed by atoms with Gasteiger partial charge in [-0.1, -0.05) is 25.0 Å². The summed E-state index contributed by atoms with van der Waals surface area (Å²) in [7, 11) is 0. The van der Waals surface area contributed by atoms with Crippen LogP contribution in [0.1, 0.15) is 43.7 Å². The van der Waals surface area contributed by atoms with Gasteiger partial charge >= 0.3 is 6.18 Å². The molecule has 0 bridgehead atoms. The molecule has 2 heterocycles. The third-order valence-electron chi connectivity index (χ3n) is 6.63. The van der Waals surface area contributed by atoms with Crippen LogP contribution in [0.4, 0.5) is 18.9 Å². The van der Waals surface area contributed by atoms with Crippen molar-refractivity contribution in [2.75, 3.05) is 11.9 Å². The minimum absolute atomic E-state index is 0.00827. The van der Waals surface area contributed by atoms with Crippen LogP contribution in [-0.4, -0.2) is 41.9 Å². The maximum absolute atomic E-state index is 13.0. The Bertz CT molecular complexity index is 856. The summed E-state index contributed by atoms with van der Waals surface area (Å²) in [6.07, 6.45) is -0.538. The number of nitriles is 1. The van der Waals surface area contributed by atoms with Crippen molar-refractivity contribution >= 4 is 11.6 Å². The van der Waals surface area contributed by atoms with Gasteiger partial charge in [0.25, 0.3) is 0 Å². The van der Waals surface area contributed by atoms with Gasteiger partial charge in [-0.2, -0.15) is 18.4 Å². The van der Waals surface area contributed by atoms with E-state index in [4.69, 9.17) is 5.73 Å². The highest BCUT2D eigenvalue weighted by molar-refractivity contribution is 5.82. The molecular weight excluding hydrogens is 409 g/mol. The minimum Gasteiger partial charge on any atom is -0.368 e. The first kappa shape index (κ1) is 21.9. The molecule has 0 radical (unpaired) electrons. The Hall–Kier alpha value is -2.35. The second-order valence-corrected chi connectivity index (χ2v) is 8.56. The molecule has 2 aliphatic heterocycles. The molecule has 3 unspecified atom stereocenters. The number of hydrazine groups is 1. The van der Waals surface area contributed by atoms with E-state index >= 15 is 0 Å². The Kier molecular flexibility index (Phi) is 6.10. The molecule has 3 fully saturated rings. The lowest BCUT2D eigenvalue weighted by atomic mass is 9.83. The molecular formula is C21H27F3N6O. The van der Waals surface area contributed by atoms with Crippen LogP contribution in [0.25, 0.3) is 0 Å². The molecule has 5 N–H and O–H groups in total. The van der Waals surface area contributed by atoms with Crippen LogP contribution >= 0.6 is 0 Å². The number of nitrogens with two attached hydrogens (primary N) is 1. The number of amides is 1.